The quantitative estimate of drug-likeness (QED) is 0.403. The molecular weight excluding hydrogens is 380 g/mol. The SMILES string of the molecule is CC[Si](CC)(CC)[C@@]1(c2ccc3ccccc3c2)CC(=O)c2cc(Cl)ccc21. The zero-order valence-electron chi connectivity index (χ0n) is 16.9. The zero-order chi connectivity index (χ0) is 19.9. The maximum absolute atomic E-state index is 13.2. The van der Waals surface area contributed by atoms with Crippen molar-refractivity contribution in [3.05, 3.63) is 82.4 Å². The number of carbonyl (C=O) groups excluding carboxylic acids is 1. The maximum Gasteiger partial charge on any atom is 0.164 e. The Morgan fingerprint density at radius 2 is 1.57 bits per heavy atom. The molecule has 1 atom stereocenters. The molecule has 0 bridgehead atoms. The highest BCUT2D eigenvalue weighted by Gasteiger charge is 2.57. The Balaban J connectivity index is 2.08. The van der Waals surface area contributed by atoms with Gasteiger partial charge >= 0.3 is 0 Å². The third kappa shape index (κ3) is 2.62. The molecule has 4 rings (SSSR count). The highest BCUT2D eigenvalue weighted by molar-refractivity contribution is 6.83. The van der Waals surface area contributed by atoms with Crippen LogP contribution in [0.1, 0.15) is 48.7 Å². The lowest BCUT2D eigenvalue weighted by molar-refractivity contribution is 0.0987. The first-order chi connectivity index (χ1) is 13.5. The predicted molar refractivity (Wildman–Crippen MR) is 122 cm³/mol. The summed E-state index contributed by atoms with van der Waals surface area (Å²) in [6.07, 6.45) is 0.586. The number of Topliss-reactive ketones (excluding diaryl/α,β-unsaturated/α-hetero) is 1. The molecule has 1 nitrogen and oxygen atoms in total. The van der Waals surface area contributed by atoms with E-state index < -0.39 is 8.07 Å². The normalized spacial score (nSPS) is 19.2. The largest absolute Gasteiger partial charge is 0.294 e. The molecule has 0 heterocycles. The van der Waals surface area contributed by atoms with E-state index in [1.54, 1.807) is 0 Å². The van der Waals surface area contributed by atoms with E-state index in [2.05, 4.69) is 69.3 Å². The Hall–Kier alpha value is -1.90. The van der Waals surface area contributed by atoms with Gasteiger partial charge in [0.1, 0.15) is 0 Å². The van der Waals surface area contributed by atoms with Gasteiger partial charge in [-0.3, -0.25) is 4.79 Å². The Bertz CT molecular complexity index is 1050. The van der Waals surface area contributed by atoms with E-state index in [4.69, 9.17) is 11.6 Å². The summed E-state index contributed by atoms with van der Waals surface area (Å²) in [4.78, 5) is 13.2. The fraction of sp³-hybridized carbons (Fsp3) is 0.320. The molecule has 0 saturated heterocycles. The topological polar surface area (TPSA) is 17.1 Å². The molecule has 0 amide bonds. The van der Waals surface area contributed by atoms with E-state index in [1.807, 2.05) is 12.1 Å². The van der Waals surface area contributed by atoms with Crippen LogP contribution in [0, 0.1) is 0 Å². The Morgan fingerprint density at radius 3 is 2.25 bits per heavy atom. The van der Waals surface area contributed by atoms with Crippen LogP contribution >= 0.6 is 11.6 Å². The van der Waals surface area contributed by atoms with Gasteiger partial charge in [0.25, 0.3) is 0 Å². The molecule has 144 valence electrons. The maximum atomic E-state index is 13.2. The first-order valence-corrected chi connectivity index (χ1v) is 13.3. The van der Waals surface area contributed by atoms with Gasteiger partial charge in [-0.2, -0.15) is 0 Å². The molecule has 3 heteroatoms. The Kier molecular flexibility index (Phi) is 4.97. The van der Waals surface area contributed by atoms with Crippen LogP contribution in [-0.2, 0) is 5.04 Å². The Labute approximate surface area is 173 Å². The summed E-state index contributed by atoms with van der Waals surface area (Å²) in [7, 11) is -1.84. The van der Waals surface area contributed by atoms with E-state index in [1.165, 1.54) is 40.0 Å². The minimum atomic E-state index is -1.84. The first kappa shape index (κ1) is 19.4. The molecule has 0 aliphatic heterocycles. The van der Waals surface area contributed by atoms with Gasteiger partial charge in [-0.1, -0.05) is 99.0 Å². The van der Waals surface area contributed by atoms with Crippen LogP contribution in [0.4, 0.5) is 0 Å². The summed E-state index contributed by atoms with van der Waals surface area (Å²) in [6.45, 7) is 7.00. The highest BCUT2D eigenvalue weighted by atomic mass is 35.5. The van der Waals surface area contributed by atoms with Crippen LogP contribution in [0.25, 0.3) is 10.8 Å². The Morgan fingerprint density at radius 1 is 0.893 bits per heavy atom. The number of benzene rings is 3. The molecular formula is C25H27ClOSi. The van der Waals surface area contributed by atoms with E-state index >= 15 is 0 Å². The summed E-state index contributed by atoms with van der Waals surface area (Å²) < 4.78 is 0. The average Bonchev–Trinajstić information content (AvgIpc) is 3.02. The number of hydrogen-bond acceptors (Lipinski definition) is 1. The minimum absolute atomic E-state index is 0.174. The van der Waals surface area contributed by atoms with Crippen LogP contribution in [0.5, 0.6) is 0 Å². The summed E-state index contributed by atoms with van der Waals surface area (Å²) in [5.41, 5.74) is 3.38. The van der Waals surface area contributed by atoms with E-state index in [-0.39, 0.29) is 10.8 Å². The van der Waals surface area contributed by atoms with Crippen LogP contribution in [0.3, 0.4) is 0 Å². The molecule has 0 N–H and O–H groups in total. The lowest BCUT2D eigenvalue weighted by Crippen LogP contribution is -2.54. The van der Waals surface area contributed by atoms with Crippen molar-refractivity contribution in [2.75, 3.05) is 0 Å². The molecule has 0 saturated carbocycles. The van der Waals surface area contributed by atoms with Crippen molar-refractivity contribution in [1.82, 2.24) is 0 Å². The van der Waals surface area contributed by atoms with Crippen LogP contribution < -0.4 is 0 Å². The standard InChI is InChI=1S/C25H27ClOSi/c1-4-28(5-2,6-3)25(17-24(27)22-16-21(26)13-14-23(22)25)20-12-11-18-9-7-8-10-19(18)15-20/h7-16H,4-6,17H2,1-3H3/t25-/m1/s1. The minimum Gasteiger partial charge on any atom is -0.294 e. The summed E-state index contributed by atoms with van der Waals surface area (Å²) in [5.74, 6) is 0.248. The van der Waals surface area contributed by atoms with Gasteiger partial charge in [-0.15, -0.1) is 0 Å². The van der Waals surface area contributed by atoms with Crippen molar-refractivity contribution in [2.24, 2.45) is 0 Å². The summed E-state index contributed by atoms with van der Waals surface area (Å²) in [6, 6.07) is 24.9. The summed E-state index contributed by atoms with van der Waals surface area (Å²) >= 11 is 6.28. The van der Waals surface area contributed by atoms with Gasteiger partial charge in [0.2, 0.25) is 0 Å². The molecule has 0 radical (unpaired) electrons. The van der Waals surface area contributed by atoms with Crippen molar-refractivity contribution in [2.45, 2.75) is 50.4 Å². The van der Waals surface area contributed by atoms with E-state index in [9.17, 15) is 4.79 Å². The van der Waals surface area contributed by atoms with Gasteiger partial charge in [0, 0.05) is 22.0 Å². The fourth-order valence-electron chi connectivity index (χ4n) is 5.70. The van der Waals surface area contributed by atoms with Crippen molar-refractivity contribution < 1.29 is 4.79 Å². The second kappa shape index (κ2) is 7.17. The number of rotatable bonds is 5. The lowest BCUT2D eigenvalue weighted by Gasteiger charge is -2.47. The second-order valence-electron chi connectivity index (χ2n) is 8.10. The van der Waals surface area contributed by atoms with Crippen LogP contribution in [-0.4, -0.2) is 13.9 Å². The molecule has 0 aromatic heterocycles. The van der Waals surface area contributed by atoms with Crippen molar-refractivity contribution in [1.29, 1.82) is 0 Å². The number of ketones is 1. The third-order valence-corrected chi connectivity index (χ3v) is 14.2. The highest BCUT2D eigenvalue weighted by Crippen LogP contribution is 2.54. The molecule has 1 aliphatic carbocycles. The number of carbonyl (C=O) groups is 1. The molecule has 0 fully saturated rings. The molecule has 0 spiro atoms. The number of hydrogen-bond donors (Lipinski definition) is 0. The molecule has 3 aromatic rings. The van der Waals surface area contributed by atoms with Crippen molar-refractivity contribution in [3.63, 3.8) is 0 Å². The van der Waals surface area contributed by atoms with Crippen LogP contribution in [0.15, 0.2) is 60.7 Å². The first-order valence-electron chi connectivity index (χ1n) is 10.3. The van der Waals surface area contributed by atoms with Gasteiger partial charge < -0.3 is 0 Å². The monoisotopic (exact) mass is 406 g/mol. The molecule has 1 aliphatic rings. The zero-order valence-corrected chi connectivity index (χ0v) is 18.6. The van der Waals surface area contributed by atoms with E-state index in [0.29, 0.717) is 11.4 Å². The second-order valence-corrected chi connectivity index (χ2v) is 14.1. The van der Waals surface area contributed by atoms with Crippen LogP contribution in [0.2, 0.25) is 23.2 Å². The van der Waals surface area contributed by atoms with Gasteiger partial charge in [-0.05, 0) is 34.0 Å². The molecule has 0 unspecified atom stereocenters. The average molecular weight is 407 g/mol. The predicted octanol–water partition coefficient (Wildman–Crippen LogP) is 7.41. The number of fused-ring (bicyclic) bond motifs is 2. The van der Waals surface area contributed by atoms with Gasteiger partial charge in [0.15, 0.2) is 5.78 Å². The van der Waals surface area contributed by atoms with Crippen molar-refractivity contribution in [3.8, 4) is 0 Å². The molecule has 28 heavy (non-hydrogen) atoms. The van der Waals surface area contributed by atoms with Gasteiger partial charge in [-0.25, -0.2) is 0 Å². The number of halogens is 1. The van der Waals surface area contributed by atoms with Crippen molar-refractivity contribution >= 4 is 36.2 Å². The lowest BCUT2D eigenvalue weighted by atomic mass is 9.90. The molecule has 3 aromatic carbocycles. The summed E-state index contributed by atoms with van der Waals surface area (Å²) in [5, 5.41) is 2.98. The smallest absolute Gasteiger partial charge is 0.164 e. The third-order valence-electron chi connectivity index (χ3n) is 7.35. The van der Waals surface area contributed by atoms with E-state index in [0.717, 1.165) is 5.56 Å². The van der Waals surface area contributed by atoms with Gasteiger partial charge in [0.05, 0.1) is 8.07 Å². The fourth-order valence-corrected chi connectivity index (χ4v) is 11.3.